The van der Waals surface area contributed by atoms with E-state index in [4.69, 9.17) is 0 Å². The Kier molecular flexibility index (Phi) is 4.69. The molecule has 0 radical (unpaired) electrons. The first-order valence-electron chi connectivity index (χ1n) is 6.27. The zero-order valence-corrected chi connectivity index (χ0v) is 12.2. The Bertz CT molecular complexity index is 605. The molecule has 0 spiro atoms. The molecule has 4 heteroatoms. The molecule has 20 heavy (non-hydrogen) atoms. The monoisotopic (exact) mass is 288 g/mol. The van der Waals surface area contributed by atoms with Crippen LogP contribution in [0, 0.1) is 0 Å². The van der Waals surface area contributed by atoms with E-state index < -0.39 is 10.8 Å². The van der Waals surface area contributed by atoms with E-state index >= 15 is 0 Å². The third-order valence-corrected chi connectivity index (χ3v) is 4.75. The van der Waals surface area contributed by atoms with Gasteiger partial charge in [-0.1, -0.05) is 30.3 Å². The number of methoxy groups -OCH3 is 1. The summed E-state index contributed by atoms with van der Waals surface area (Å²) in [5.41, 5.74) is 1.42. The summed E-state index contributed by atoms with van der Waals surface area (Å²) in [6.45, 7) is 1.91. The van der Waals surface area contributed by atoms with Crippen molar-refractivity contribution in [2.24, 2.45) is 0 Å². The molecule has 0 aliphatic rings. The summed E-state index contributed by atoms with van der Waals surface area (Å²) in [4.78, 5) is 12.2. The van der Waals surface area contributed by atoms with Crippen molar-refractivity contribution in [3.05, 3.63) is 65.7 Å². The summed E-state index contributed by atoms with van der Waals surface area (Å²) in [5, 5.41) is -0.135. The van der Waals surface area contributed by atoms with Gasteiger partial charge in [-0.15, -0.1) is 0 Å². The SMILES string of the molecule is COC(=O)c1ccc([C@H](C)[S@](=O)c2ccccc2)cc1. The van der Waals surface area contributed by atoms with E-state index in [2.05, 4.69) is 4.74 Å². The Hall–Kier alpha value is -1.94. The predicted molar refractivity (Wildman–Crippen MR) is 79.0 cm³/mol. The molecule has 0 aliphatic heterocycles. The van der Waals surface area contributed by atoms with Crippen molar-refractivity contribution < 1.29 is 13.7 Å². The number of carbonyl (C=O) groups excluding carboxylic acids is 1. The summed E-state index contributed by atoms with van der Waals surface area (Å²) < 4.78 is 17.1. The Morgan fingerprint density at radius 3 is 2.20 bits per heavy atom. The third kappa shape index (κ3) is 3.14. The molecule has 2 aromatic carbocycles. The maximum Gasteiger partial charge on any atom is 0.337 e. The highest BCUT2D eigenvalue weighted by Gasteiger charge is 2.16. The van der Waals surface area contributed by atoms with E-state index in [1.54, 1.807) is 12.1 Å². The summed E-state index contributed by atoms with van der Waals surface area (Å²) in [7, 11) is 0.236. The third-order valence-electron chi connectivity index (χ3n) is 3.10. The average Bonchev–Trinajstić information content (AvgIpc) is 2.53. The molecule has 0 aliphatic carbocycles. The van der Waals surface area contributed by atoms with Crippen LogP contribution in [0.5, 0.6) is 0 Å². The first kappa shape index (κ1) is 14.5. The summed E-state index contributed by atoms with van der Waals surface area (Å²) in [6.07, 6.45) is 0. The van der Waals surface area contributed by atoms with Gasteiger partial charge in [0.05, 0.1) is 28.7 Å². The Morgan fingerprint density at radius 2 is 1.65 bits per heavy atom. The molecular weight excluding hydrogens is 272 g/mol. The topological polar surface area (TPSA) is 43.4 Å². The lowest BCUT2D eigenvalue weighted by Crippen LogP contribution is -2.05. The zero-order chi connectivity index (χ0) is 14.5. The van der Waals surface area contributed by atoms with Crippen molar-refractivity contribution in [3.63, 3.8) is 0 Å². The van der Waals surface area contributed by atoms with Gasteiger partial charge in [0, 0.05) is 4.90 Å². The molecule has 0 unspecified atom stereocenters. The minimum Gasteiger partial charge on any atom is -0.465 e. The number of hydrogen-bond donors (Lipinski definition) is 0. The molecule has 2 aromatic rings. The van der Waals surface area contributed by atoms with Crippen molar-refractivity contribution in [2.45, 2.75) is 17.1 Å². The van der Waals surface area contributed by atoms with Crippen LogP contribution in [0.4, 0.5) is 0 Å². The second-order valence-corrected chi connectivity index (χ2v) is 6.14. The highest BCUT2D eigenvalue weighted by atomic mass is 32.2. The number of hydrogen-bond acceptors (Lipinski definition) is 3. The van der Waals surface area contributed by atoms with E-state index in [0.29, 0.717) is 5.56 Å². The number of ether oxygens (including phenoxy) is 1. The second kappa shape index (κ2) is 6.48. The molecular formula is C16H16O3S. The van der Waals surface area contributed by atoms with Crippen LogP contribution < -0.4 is 0 Å². The van der Waals surface area contributed by atoms with Gasteiger partial charge in [0.2, 0.25) is 0 Å². The first-order chi connectivity index (χ1) is 9.63. The molecule has 0 bridgehead atoms. The van der Waals surface area contributed by atoms with Gasteiger partial charge in [0.15, 0.2) is 0 Å². The highest BCUT2D eigenvalue weighted by molar-refractivity contribution is 7.85. The van der Waals surface area contributed by atoms with Crippen molar-refractivity contribution in [2.75, 3.05) is 7.11 Å². The van der Waals surface area contributed by atoms with Crippen molar-refractivity contribution in [1.82, 2.24) is 0 Å². The van der Waals surface area contributed by atoms with Gasteiger partial charge in [-0.3, -0.25) is 4.21 Å². The minimum absolute atomic E-state index is 0.135. The molecule has 2 rings (SSSR count). The van der Waals surface area contributed by atoms with Gasteiger partial charge in [-0.25, -0.2) is 4.79 Å². The van der Waals surface area contributed by atoms with Gasteiger partial charge < -0.3 is 4.74 Å². The normalized spacial score (nSPS) is 13.5. The van der Waals surface area contributed by atoms with Gasteiger partial charge in [0.1, 0.15) is 0 Å². The van der Waals surface area contributed by atoms with E-state index in [9.17, 15) is 9.00 Å². The van der Waals surface area contributed by atoms with Crippen LogP contribution in [0.3, 0.4) is 0 Å². The Morgan fingerprint density at radius 1 is 1.05 bits per heavy atom. The molecule has 0 heterocycles. The van der Waals surface area contributed by atoms with Crippen molar-refractivity contribution >= 4 is 16.8 Å². The zero-order valence-electron chi connectivity index (χ0n) is 11.4. The number of benzene rings is 2. The molecule has 104 valence electrons. The van der Waals surface area contributed by atoms with Gasteiger partial charge in [-0.2, -0.15) is 0 Å². The number of esters is 1. The molecule has 0 amide bonds. The summed E-state index contributed by atoms with van der Waals surface area (Å²) >= 11 is 0. The van der Waals surface area contributed by atoms with Crippen LogP contribution in [0.25, 0.3) is 0 Å². The Labute approximate surface area is 121 Å². The van der Waals surface area contributed by atoms with Crippen molar-refractivity contribution in [3.8, 4) is 0 Å². The predicted octanol–water partition coefficient (Wildman–Crippen LogP) is 3.34. The molecule has 0 fully saturated rings. The van der Waals surface area contributed by atoms with Gasteiger partial charge >= 0.3 is 5.97 Å². The maximum atomic E-state index is 12.4. The molecule has 0 saturated carbocycles. The lowest BCUT2D eigenvalue weighted by molar-refractivity contribution is 0.0600. The highest BCUT2D eigenvalue weighted by Crippen LogP contribution is 2.24. The largest absolute Gasteiger partial charge is 0.465 e. The molecule has 2 atom stereocenters. The Balaban J connectivity index is 2.19. The molecule has 0 saturated heterocycles. The fourth-order valence-electron chi connectivity index (χ4n) is 1.89. The van der Waals surface area contributed by atoms with Gasteiger partial charge in [-0.05, 0) is 36.8 Å². The number of rotatable bonds is 4. The van der Waals surface area contributed by atoms with Crippen LogP contribution in [0.15, 0.2) is 59.5 Å². The lowest BCUT2D eigenvalue weighted by atomic mass is 10.1. The van der Waals surface area contributed by atoms with Crippen LogP contribution >= 0.6 is 0 Å². The minimum atomic E-state index is -1.11. The average molecular weight is 288 g/mol. The maximum absolute atomic E-state index is 12.4. The lowest BCUT2D eigenvalue weighted by Gasteiger charge is -2.12. The number of carbonyl (C=O) groups is 1. The second-order valence-electron chi connectivity index (χ2n) is 4.37. The fourth-order valence-corrected chi connectivity index (χ4v) is 3.13. The van der Waals surface area contributed by atoms with Crippen LogP contribution in [-0.2, 0) is 15.5 Å². The van der Waals surface area contributed by atoms with E-state index in [-0.39, 0.29) is 11.2 Å². The van der Waals surface area contributed by atoms with Crippen LogP contribution in [0.1, 0.15) is 28.1 Å². The standard InChI is InChI=1S/C16H16O3S/c1-12(20(18)15-6-4-3-5-7-15)13-8-10-14(11-9-13)16(17)19-2/h3-12H,1-2H3/t12-,20-/m0/s1. The molecule has 0 aromatic heterocycles. The molecule has 3 nitrogen and oxygen atoms in total. The quantitative estimate of drug-likeness (QED) is 0.810. The summed E-state index contributed by atoms with van der Waals surface area (Å²) in [6, 6.07) is 16.4. The van der Waals surface area contributed by atoms with Crippen molar-refractivity contribution in [1.29, 1.82) is 0 Å². The van der Waals surface area contributed by atoms with E-state index in [1.807, 2.05) is 49.4 Å². The van der Waals surface area contributed by atoms with Crippen LogP contribution in [-0.4, -0.2) is 17.3 Å². The fraction of sp³-hybridized carbons (Fsp3) is 0.188. The van der Waals surface area contributed by atoms with E-state index in [0.717, 1.165) is 10.5 Å². The first-order valence-corrected chi connectivity index (χ1v) is 7.48. The smallest absolute Gasteiger partial charge is 0.337 e. The van der Waals surface area contributed by atoms with E-state index in [1.165, 1.54) is 7.11 Å². The summed E-state index contributed by atoms with van der Waals surface area (Å²) in [5.74, 6) is -0.367. The molecule has 0 N–H and O–H groups in total. The van der Waals surface area contributed by atoms with Gasteiger partial charge in [0.25, 0.3) is 0 Å². The van der Waals surface area contributed by atoms with Crippen LogP contribution in [0.2, 0.25) is 0 Å².